The number of hydrogen-bond acceptors (Lipinski definition) is 6. The van der Waals surface area contributed by atoms with E-state index in [9.17, 15) is 4.79 Å². The molecule has 1 saturated carbocycles. The first-order valence-electron chi connectivity index (χ1n) is 6.32. The molecule has 1 aromatic rings. The number of hydrogen-bond donors (Lipinski definition) is 1. The molecule has 3 heterocycles. The van der Waals surface area contributed by atoms with Gasteiger partial charge in [-0.15, -0.1) is 5.10 Å². The molecule has 3 aliphatic rings. The van der Waals surface area contributed by atoms with Crippen molar-refractivity contribution < 1.29 is 9.90 Å². The van der Waals surface area contributed by atoms with Gasteiger partial charge in [-0.05, 0) is 19.9 Å². The Morgan fingerprint density at radius 1 is 1.65 bits per heavy atom. The first-order chi connectivity index (χ1) is 9.57. The van der Waals surface area contributed by atoms with Gasteiger partial charge in [0.15, 0.2) is 0 Å². The number of aromatic nitrogens is 3. The molecule has 0 unspecified atom stereocenters. The summed E-state index contributed by atoms with van der Waals surface area (Å²) in [6.45, 7) is 1.55. The zero-order chi connectivity index (χ0) is 14.4. The molecular formula is C11H16IN5O2S. The number of fused-ring (bicyclic) bond motifs is 1. The van der Waals surface area contributed by atoms with Crippen molar-refractivity contribution in [1.82, 2.24) is 24.2 Å². The fourth-order valence-electron chi connectivity index (χ4n) is 3.60. The number of amides is 1. The fourth-order valence-corrected chi connectivity index (χ4v) is 4.62. The van der Waals surface area contributed by atoms with E-state index < -0.39 is 0 Å². The molecule has 0 spiro atoms. The van der Waals surface area contributed by atoms with E-state index in [4.69, 9.17) is 5.11 Å². The Morgan fingerprint density at radius 3 is 2.95 bits per heavy atom. The lowest BCUT2D eigenvalue weighted by molar-refractivity contribution is -0.115. The number of aliphatic hydroxyl groups excluding tert-OH is 1. The zero-order valence-electron chi connectivity index (χ0n) is 11.1. The number of rotatable bonds is 6. The normalized spacial score (nSPS) is 32.1. The van der Waals surface area contributed by atoms with Crippen LogP contribution in [0.2, 0.25) is 0 Å². The molecule has 110 valence electrons. The maximum atomic E-state index is 11.0. The smallest absolute Gasteiger partial charge is 0.220 e. The van der Waals surface area contributed by atoms with Crippen molar-refractivity contribution in [2.24, 2.45) is 0 Å². The molecular weight excluding hydrogens is 393 g/mol. The Balaban J connectivity index is 1.77. The number of aliphatic hydroxyl groups is 1. The molecule has 4 rings (SSSR count). The molecule has 20 heavy (non-hydrogen) atoms. The summed E-state index contributed by atoms with van der Waals surface area (Å²) in [6.07, 6.45) is 4.64. The van der Waals surface area contributed by atoms with Gasteiger partial charge in [-0.2, -0.15) is 0 Å². The van der Waals surface area contributed by atoms with Crippen LogP contribution >= 0.6 is 30.3 Å². The maximum absolute atomic E-state index is 11.0. The summed E-state index contributed by atoms with van der Waals surface area (Å²) in [7, 11) is 3.52. The van der Waals surface area contributed by atoms with Gasteiger partial charge >= 0.3 is 0 Å². The van der Waals surface area contributed by atoms with Crippen molar-refractivity contribution in [1.29, 1.82) is 0 Å². The number of halogens is 1. The van der Waals surface area contributed by atoms with Crippen LogP contribution in [0.25, 0.3) is 0 Å². The minimum absolute atomic E-state index is 0.0281. The van der Waals surface area contributed by atoms with Crippen LogP contribution in [0.1, 0.15) is 18.5 Å². The highest BCUT2D eigenvalue weighted by Crippen LogP contribution is 2.57. The summed E-state index contributed by atoms with van der Waals surface area (Å²) in [5.74, 6) is 0. The van der Waals surface area contributed by atoms with E-state index in [1.54, 1.807) is 4.31 Å². The lowest BCUT2D eigenvalue weighted by atomic mass is 9.67. The molecule has 1 aliphatic carbocycles. The molecule has 1 aromatic heterocycles. The molecule has 7 nitrogen and oxygen atoms in total. The van der Waals surface area contributed by atoms with Crippen LogP contribution in [0, 0.1) is 0 Å². The second kappa shape index (κ2) is 5.11. The fraction of sp³-hybridized carbons (Fsp3) is 0.727. The minimum atomic E-state index is -0.0819. The van der Waals surface area contributed by atoms with E-state index in [0.29, 0.717) is 5.69 Å². The Kier molecular flexibility index (Phi) is 3.72. The lowest BCUT2D eigenvalue weighted by Gasteiger charge is -2.48. The van der Waals surface area contributed by atoms with Crippen LogP contribution in [0.3, 0.4) is 0 Å². The highest BCUT2D eigenvalue weighted by molar-refractivity contribution is 14.2. The summed E-state index contributed by atoms with van der Waals surface area (Å²) in [4.78, 5) is 13.3. The predicted octanol–water partition coefficient (Wildman–Crippen LogP) is 0.400. The number of carbonyl (C=O) groups excluding carboxylic acids is 1. The van der Waals surface area contributed by atoms with E-state index in [-0.39, 0.29) is 17.7 Å². The minimum Gasteiger partial charge on any atom is -0.390 e. The second-order valence-electron chi connectivity index (χ2n) is 5.72. The Hall–Kier alpha value is -0.390. The Bertz CT molecular complexity index is 519. The van der Waals surface area contributed by atoms with Crippen LogP contribution in [-0.2, 0) is 16.9 Å². The third kappa shape index (κ3) is 2.06. The molecule has 2 saturated heterocycles. The average Bonchev–Trinajstić information content (AvgIpc) is 3.05. The van der Waals surface area contributed by atoms with Gasteiger partial charge in [-0.1, -0.05) is 5.21 Å². The van der Waals surface area contributed by atoms with Crippen molar-refractivity contribution in [2.45, 2.75) is 30.5 Å². The highest BCUT2D eigenvalue weighted by atomic mass is 127. The van der Waals surface area contributed by atoms with Crippen LogP contribution in [0.5, 0.6) is 0 Å². The molecule has 1 N–H and O–H groups in total. The van der Waals surface area contributed by atoms with Crippen molar-refractivity contribution >= 4 is 36.7 Å². The molecule has 0 radical (unpaired) electrons. The van der Waals surface area contributed by atoms with Gasteiger partial charge < -0.3 is 5.11 Å². The Labute approximate surface area is 133 Å². The van der Waals surface area contributed by atoms with Gasteiger partial charge in [0.05, 0.1) is 24.9 Å². The maximum Gasteiger partial charge on any atom is 0.220 e. The monoisotopic (exact) mass is 409 g/mol. The van der Waals surface area contributed by atoms with E-state index >= 15 is 0 Å². The lowest BCUT2D eigenvalue weighted by Crippen LogP contribution is -2.57. The van der Waals surface area contributed by atoms with Crippen LogP contribution in [-0.4, -0.2) is 61.4 Å². The van der Waals surface area contributed by atoms with E-state index in [0.717, 1.165) is 32.3 Å². The Morgan fingerprint density at radius 2 is 2.40 bits per heavy atom. The molecule has 1 amide bonds. The first kappa shape index (κ1) is 14.5. The first-order valence-corrected chi connectivity index (χ1v) is 9.64. The number of carbonyl (C=O) groups is 1. The third-order valence-electron chi connectivity index (χ3n) is 4.50. The summed E-state index contributed by atoms with van der Waals surface area (Å²) in [5, 5.41) is 17.2. The molecule has 0 atom stereocenters. The van der Waals surface area contributed by atoms with Crippen molar-refractivity contribution in [3.8, 4) is 0 Å². The summed E-state index contributed by atoms with van der Waals surface area (Å²) < 4.78 is 3.62. The zero-order valence-corrected chi connectivity index (χ0v) is 14.0. The van der Waals surface area contributed by atoms with E-state index in [1.807, 2.05) is 10.9 Å². The molecule has 2 bridgehead atoms. The van der Waals surface area contributed by atoms with E-state index in [2.05, 4.69) is 43.5 Å². The summed E-state index contributed by atoms with van der Waals surface area (Å²) >= 11 is 2.13. The average molecular weight is 409 g/mol. The highest BCUT2D eigenvalue weighted by Gasteiger charge is 2.66. The van der Waals surface area contributed by atoms with Crippen molar-refractivity contribution in [3.05, 3.63) is 11.9 Å². The van der Waals surface area contributed by atoms with Crippen molar-refractivity contribution in [3.63, 3.8) is 0 Å². The van der Waals surface area contributed by atoms with Gasteiger partial charge in [0, 0.05) is 42.4 Å². The van der Waals surface area contributed by atoms with E-state index in [1.165, 1.54) is 9.12 Å². The van der Waals surface area contributed by atoms with Gasteiger partial charge in [0.2, 0.25) is 6.41 Å². The van der Waals surface area contributed by atoms with Gasteiger partial charge in [-0.25, -0.2) is 4.68 Å². The largest absolute Gasteiger partial charge is 0.390 e. The molecule has 9 heteroatoms. The topological polar surface area (TPSA) is 74.5 Å². The second-order valence-corrected chi connectivity index (χ2v) is 7.51. The quantitative estimate of drug-likeness (QED) is 0.417. The summed E-state index contributed by atoms with van der Waals surface area (Å²) in [5.41, 5.74) is 0.619. The van der Waals surface area contributed by atoms with Crippen LogP contribution < -0.4 is 0 Å². The third-order valence-corrected chi connectivity index (χ3v) is 6.41. The van der Waals surface area contributed by atoms with Crippen molar-refractivity contribution in [2.75, 3.05) is 20.1 Å². The summed E-state index contributed by atoms with van der Waals surface area (Å²) in [6, 6.07) is 0. The van der Waals surface area contributed by atoms with Gasteiger partial charge in [-0.3, -0.25) is 14.0 Å². The number of likely N-dealkylation sites (N-methyl/N-ethyl adjacent to an activating group) is 1. The predicted molar refractivity (Wildman–Crippen MR) is 82.9 cm³/mol. The van der Waals surface area contributed by atoms with Crippen LogP contribution in [0.15, 0.2) is 6.20 Å². The van der Waals surface area contributed by atoms with Gasteiger partial charge in [0.1, 0.15) is 5.69 Å². The molecule has 2 aliphatic heterocycles. The molecule has 3 fully saturated rings. The SMILES string of the molecule is CN1CC2(n3cc(CO)nn3)CC1(CN(C=O)SI)C2. The van der Waals surface area contributed by atoms with Crippen LogP contribution in [0.4, 0.5) is 0 Å². The standard InChI is InChI=1S/C11H16IN5O2S/c1-15-6-11(17-2-9(3-18)13-14-17)4-10(15,5-11)7-16(8-19)20-12/h2,8,18H,3-7H2,1H3. The number of nitrogens with zero attached hydrogens (tertiary/aromatic N) is 5. The van der Waals surface area contributed by atoms with Gasteiger partial charge in [0.25, 0.3) is 0 Å². The molecule has 0 aromatic carbocycles.